The highest BCUT2D eigenvalue weighted by atomic mass is 35.5. The zero-order chi connectivity index (χ0) is 12.3. The van der Waals surface area contributed by atoms with Crippen LogP contribution in [-0.2, 0) is 11.2 Å². The molecular formula is C11H20ClN3OS. The fourth-order valence-corrected chi connectivity index (χ4v) is 2.17. The van der Waals surface area contributed by atoms with Gasteiger partial charge in [0.05, 0.1) is 11.6 Å². The van der Waals surface area contributed by atoms with E-state index in [1.807, 2.05) is 20.8 Å². The summed E-state index contributed by atoms with van der Waals surface area (Å²) in [6.07, 6.45) is 0.890. The summed E-state index contributed by atoms with van der Waals surface area (Å²) in [5.74, 6) is -0.263. The number of halogens is 1. The Hall–Kier alpha value is -0.650. The van der Waals surface area contributed by atoms with Crippen molar-refractivity contribution in [1.29, 1.82) is 0 Å². The monoisotopic (exact) mass is 277 g/mol. The molecule has 1 rings (SSSR count). The van der Waals surface area contributed by atoms with Crippen LogP contribution in [0.2, 0.25) is 0 Å². The maximum atomic E-state index is 11.7. The summed E-state index contributed by atoms with van der Waals surface area (Å²) < 4.78 is 0. The van der Waals surface area contributed by atoms with Gasteiger partial charge in [-0.05, 0) is 20.3 Å². The van der Waals surface area contributed by atoms with E-state index in [0.29, 0.717) is 5.13 Å². The normalized spacial score (nSPS) is 13.7. The van der Waals surface area contributed by atoms with Crippen molar-refractivity contribution in [2.24, 2.45) is 11.7 Å². The summed E-state index contributed by atoms with van der Waals surface area (Å²) in [6.45, 7) is 7.72. The van der Waals surface area contributed by atoms with E-state index in [9.17, 15) is 4.79 Å². The standard InChI is InChI=1S/C11H19N3OS.ClH/c1-5-9-8(4)16-11(13-9)14-10(15)6(2)7(3)12;/h6-7H,5,12H2,1-4H3,(H,13,14,15);1H. The number of aromatic nitrogens is 1. The molecule has 1 aromatic heterocycles. The first-order valence-corrected chi connectivity index (χ1v) is 6.30. The van der Waals surface area contributed by atoms with Gasteiger partial charge in [-0.25, -0.2) is 4.98 Å². The van der Waals surface area contributed by atoms with E-state index < -0.39 is 0 Å². The third kappa shape index (κ3) is 4.26. The Morgan fingerprint density at radius 2 is 2.12 bits per heavy atom. The summed E-state index contributed by atoms with van der Waals surface area (Å²) in [5.41, 5.74) is 6.72. The minimum absolute atomic E-state index is 0. The Balaban J connectivity index is 0.00000256. The van der Waals surface area contributed by atoms with Gasteiger partial charge in [0.2, 0.25) is 5.91 Å². The number of hydrogen-bond acceptors (Lipinski definition) is 4. The van der Waals surface area contributed by atoms with E-state index in [2.05, 4.69) is 17.2 Å². The van der Waals surface area contributed by atoms with Gasteiger partial charge in [0.15, 0.2) is 5.13 Å². The Labute approximate surface area is 112 Å². The Kier molecular flexibility index (Phi) is 6.67. The first kappa shape index (κ1) is 16.4. The van der Waals surface area contributed by atoms with Crippen molar-refractivity contribution >= 4 is 34.8 Å². The molecule has 0 aliphatic heterocycles. The first-order chi connectivity index (χ1) is 7.45. The molecule has 1 heterocycles. The number of nitrogens with two attached hydrogens (primary N) is 1. The van der Waals surface area contributed by atoms with Crippen molar-refractivity contribution in [1.82, 2.24) is 4.98 Å². The second-order valence-electron chi connectivity index (χ2n) is 4.01. The Morgan fingerprint density at radius 3 is 2.53 bits per heavy atom. The van der Waals surface area contributed by atoms with Gasteiger partial charge >= 0.3 is 0 Å². The van der Waals surface area contributed by atoms with Gasteiger partial charge in [0.1, 0.15) is 0 Å². The molecule has 2 unspecified atom stereocenters. The summed E-state index contributed by atoms with van der Waals surface area (Å²) in [6, 6.07) is -0.147. The molecule has 1 aromatic rings. The topological polar surface area (TPSA) is 68.0 Å². The molecule has 0 radical (unpaired) electrons. The van der Waals surface area contributed by atoms with E-state index in [-0.39, 0.29) is 30.3 Å². The van der Waals surface area contributed by atoms with Crippen molar-refractivity contribution in [2.75, 3.05) is 5.32 Å². The maximum Gasteiger partial charge on any atom is 0.230 e. The molecule has 0 bridgehead atoms. The second-order valence-corrected chi connectivity index (χ2v) is 5.22. The number of anilines is 1. The molecule has 0 saturated carbocycles. The lowest BCUT2D eigenvalue weighted by Gasteiger charge is -2.13. The first-order valence-electron chi connectivity index (χ1n) is 5.48. The van der Waals surface area contributed by atoms with Gasteiger partial charge in [-0.3, -0.25) is 4.79 Å². The fourth-order valence-electron chi connectivity index (χ4n) is 1.27. The van der Waals surface area contributed by atoms with E-state index in [4.69, 9.17) is 5.73 Å². The van der Waals surface area contributed by atoms with Crippen molar-refractivity contribution in [3.8, 4) is 0 Å². The summed E-state index contributed by atoms with van der Waals surface area (Å²) >= 11 is 1.51. The Bertz CT molecular complexity index is 379. The number of carbonyl (C=O) groups excluding carboxylic acids is 1. The van der Waals surface area contributed by atoms with Crippen LogP contribution < -0.4 is 11.1 Å². The molecule has 6 heteroatoms. The third-order valence-corrected chi connectivity index (χ3v) is 3.59. The minimum atomic E-state index is -0.200. The highest BCUT2D eigenvalue weighted by Gasteiger charge is 2.18. The second kappa shape index (κ2) is 6.93. The van der Waals surface area contributed by atoms with Crippen molar-refractivity contribution in [3.63, 3.8) is 0 Å². The highest BCUT2D eigenvalue weighted by Crippen LogP contribution is 2.22. The van der Waals surface area contributed by atoms with Crippen LogP contribution in [0.1, 0.15) is 31.3 Å². The largest absolute Gasteiger partial charge is 0.327 e. The fraction of sp³-hybridized carbons (Fsp3) is 0.636. The van der Waals surface area contributed by atoms with Crippen LogP contribution in [0.4, 0.5) is 5.13 Å². The van der Waals surface area contributed by atoms with E-state index in [1.165, 1.54) is 11.3 Å². The average Bonchev–Trinajstić information content (AvgIpc) is 2.57. The molecule has 3 N–H and O–H groups in total. The SMILES string of the molecule is CCc1nc(NC(=O)C(C)C(C)N)sc1C.Cl. The molecule has 0 saturated heterocycles. The summed E-state index contributed by atoms with van der Waals surface area (Å²) in [5, 5.41) is 3.48. The van der Waals surface area contributed by atoms with Crippen LogP contribution in [0.15, 0.2) is 0 Å². The van der Waals surface area contributed by atoms with Gasteiger partial charge in [-0.15, -0.1) is 23.7 Å². The number of amides is 1. The van der Waals surface area contributed by atoms with Crippen LogP contribution in [0.25, 0.3) is 0 Å². The number of nitrogens with one attached hydrogen (secondary N) is 1. The van der Waals surface area contributed by atoms with E-state index >= 15 is 0 Å². The zero-order valence-electron chi connectivity index (χ0n) is 10.6. The maximum absolute atomic E-state index is 11.7. The lowest BCUT2D eigenvalue weighted by molar-refractivity contribution is -0.119. The smallest absolute Gasteiger partial charge is 0.230 e. The van der Waals surface area contributed by atoms with Crippen LogP contribution in [0.5, 0.6) is 0 Å². The van der Waals surface area contributed by atoms with Crippen molar-refractivity contribution in [2.45, 2.75) is 40.2 Å². The van der Waals surface area contributed by atoms with E-state index in [1.54, 1.807) is 0 Å². The number of carbonyl (C=O) groups is 1. The van der Waals surface area contributed by atoms with Crippen molar-refractivity contribution in [3.05, 3.63) is 10.6 Å². The molecular weight excluding hydrogens is 258 g/mol. The molecule has 0 spiro atoms. The number of aryl methyl sites for hydroxylation is 2. The molecule has 0 aliphatic carbocycles. The zero-order valence-corrected chi connectivity index (χ0v) is 12.2. The van der Waals surface area contributed by atoms with Gasteiger partial charge in [-0.2, -0.15) is 0 Å². The van der Waals surface area contributed by atoms with Crippen LogP contribution in [0, 0.1) is 12.8 Å². The van der Waals surface area contributed by atoms with Gasteiger partial charge in [-0.1, -0.05) is 13.8 Å². The van der Waals surface area contributed by atoms with Gasteiger partial charge in [0.25, 0.3) is 0 Å². The lowest BCUT2D eigenvalue weighted by Crippen LogP contribution is -2.34. The Morgan fingerprint density at radius 1 is 1.53 bits per heavy atom. The molecule has 98 valence electrons. The molecule has 1 amide bonds. The molecule has 4 nitrogen and oxygen atoms in total. The molecule has 2 atom stereocenters. The quantitative estimate of drug-likeness (QED) is 0.888. The van der Waals surface area contributed by atoms with Crippen LogP contribution >= 0.6 is 23.7 Å². The number of hydrogen-bond donors (Lipinski definition) is 2. The predicted molar refractivity (Wildman–Crippen MR) is 74.9 cm³/mol. The third-order valence-electron chi connectivity index (χ3n) is 2.66. The van der Waals surface area contributed by atoms with Crippen LogP contribution in [0.3, 0.4) is 0 Å². The van der Waals surface area contributed by atoms with Crippen LogP contribution in [-0.4, -0.2) is 16.9 Å². The molecule has 0 aromatic carbocycles. The lowest BCUT2D eigenvalue weighted by atomic mass is 10.0. The number of thiazole rings is 1. The minimum Gasteiger partial charge on any atom is -0.327 e. The van der Waals surface area contributed by atoms with E-state index in [0.717, 1.165) is 17.0 Å². The summed E-state index contributed by atoms with van der Waals surface area (Å²) in [4.78, 5) is 17.3. The number of rotatable bonds is 4. The predicted octanol–water partition coefficient (Wildman–Crippen LogP) is 2.36. The molecule has 0 aliphatic rings. The van der Waals surface area contributed by atoms with Gasteiger partial charge in [0, 0.05) is 10.9 Å². The van der Waals surface area contributed by atoms with Gasteiger partial charge < -0.3 is 11.1 Å². The highest BCUT2D eigenvalue weighted by molar-refractivity contribution is 7.15. The summed E-state index contributed by atoms with van der Waals surface area (Å²) in [7, 11) is 0. The van der Waals surface area contributed by atoms with Crippen molar-refractivity contribution < 1.29 is 4.79 Å². The average molecular weight is 278 g/mol. The number of nitrogens with zero attached hydrogens (tertiary/aromatic N) is 1. The molecule has 0 fully saturated rings. The molecule has 17 heavy (non-hydrogen) atoms.